The highest BCUT2D eigenvalue weighted by Crippen LogP contribution is 2.21. The zero-order chi connectivity index (χ0) is 23.5. The zero-order valence-corrected chi connectivity index (χ0v) is 20.2. The first-order valence-corrected chi connectivity index (χ1v) is 13.4. The lowest BCUT2D eigenvalue weighted by Gasteiger charge is -2.34. The van der Waals surface area contributed by atoms with Crippen molar-refractivity contribution >= 4 is 21.6 Å². The molecule has 0 radical (unpaired) electrons. The number of hydrogen-bond acceptors (Lipinski definition) is 5. The molecule has 5 rings (SSSR count). The van der Waals surface area contributed by atoms with Crippen LogP contribution in [0.25, 0.3) is 5.65 Å². The topological polar surface area (TPSA) is 78.2 Å². The number of nitrogens with zero attached hydrogens (tertiary/aromatic N) is 5. The molecule has 2 saturated heterocycles. The van der Waals surface area contributed by atoms with Gasteiger partial charge in [0.05, 0.1) is 17.0 Å². The van der Waals surface area contributed by atoms with E-state index in [-0.39, 0.29) is 12.3 Å². The summed E-state index contributed by atoms with van der Waals surface area (Å²) in [7, 11) is -3.44. The molecule has 1 aromatic carbocycles. The molecule has 0 N–H and O–H groups in total. The Morgan fingerprint density at radius 2 is 1.62 bits per heavy atom. The molecule has 2 fully saturated rings. The number of fused-ring (bicyclic) bond motifs is 1. The summed E-state index contributed by atoms with van der Waals surface area (Å²) in [6, 6.07) is 12.8. The molecular weight excluding hydrogens is 450 g/mol. The van der Waals surface area contributed by atoms with E-state index in [1.165, 1.54) is 0 Å². The molecule has 0 unspecified atom stereocenters. The number of benzene rings is 1. The third kappa shape index (κ3) is 5.01. The van der Waals surface area contributed by atoms with Gasteiger partial charge in [-0.1, -0.05) is 24.6 Å². The van der Waals surface area contributed by atoms with Gasteiger partial charge in [0.25, 0.3) is 0 Å². The van der Waals surface area contributed by atoms with Crippen LogP contribution in [0.15, 0.2) is 59.8 Å². The first kappa shape index (κ1) is 23.0. The van der Waals surface area contributed by atoms with Crippen molar-refractivity contribution in [3.63, 3.8) is 0 Å². The van der Waals surface area contributed by atoms with Crippen LogP contribution >= 0.6 is 0 Å². The second-order valence-electron chi connectivity index (χ2n) is 9.14. The van der Waals surface area contributed by atoms with Crippen molar-refractivity contribution in [2.75, 3.05) is 39.3 Å². The predicted octanol–water partition coefficient (Wildman–Crippen LogP) is 2.40. The van der Waals surface area contributed by atoms with Gasteiger partial charge in [0.2, 0.25) is 15.9 Å². The van der Waals surface area contributed by atoms with Crippen molar-refractivity contribution in [3.8, 4) is 0 Å². The molecular formula is C25H31N5O3S. The molecule has 180 valence electrons. The highest BCUT2D eigenvalue weighted by molar-refractivity contribution is 7.89. The average Bonchev–Trinajstić information content (AvgIpc) is 3.27. The Kier molecular flexibility index (Phi) is 6.67. The maximum atomic E-state index is 12.8. The molecule has 0 saturated carbocycles. The van der Waals surface area contributed by atoms with Gasteiger partial charge in [-0.25, -0.2) is 13.4 Å². The number of piperazine rings is 1. The number of amides is 1. The quantitative estimate of drug-likeness (QED) is 0.540. The van der Waals surface area contributed by atoms with Crippen LogP contribution in [-0.2, 0) is 27.8 Å². The van der Waals surface area contributed by atoms with Gasteiger partial charge < -0.3 is 9.30 Å². The molecule has 3 aromatic rings. The maximum absolute atomic E-state index is 12.8. The minimum Gasteiger partial charge on any atom is -0.340 e. The standard InChI is InChI=1S/C25H31N5O3S/c31-25(18-21-7-9-23(10-8-21)34(32,33)30-12-3-1-4-13-30)28-16-14-27(15-17-28)19-22-20-29-11-5-2-6-24(29)26-22/h2,5-11,20H,1,3-4,12-19H2. The number of aromatic nitrogens is 2. The zero-order valence-electron chi connectivity index (χ0n) is 19.3. The number of carbonyl (C=O) groups is 1. The fourth-order valence-electron chi connectivity index (χ4n) is 4.77. The van der Waals surface area contributed by atoms with Crippen LogP contribution in [0.5, 0.6) is 0 Å². The molecule has 2 aliphatic heterocycles. The van der Waals surface area contributed by atoms with Crippen LogP contribution in [0.3, 0.4) is 0 Å². The van der Waals surface area contributed by atoms with Crippen molar-refractivity contribution in [2.45, 2.75) is 37.1 Å². The Balaban J connectivity index is 1.13. The van der Waals surface area contributed by atoms with Gasteiger partial charge in [-0.05, 0) is 42.7 Å². The summed E-state index contributed by atoms with van der Waals surface area (Å²) in [5, 5.41) is 0. The molecule has 9 heteroatoms. The molecule has 1 amide bonds. The van der Waals surface area contributed by atoms with E-state index in [4.69, 9.17) is 0 Å². The van der Waals surface area contributed by atoms with Gasteiger partial charge >= 0.3 is 0 Å². The van der Waals surface area contributed by atoms with E-state index >= 15 is 0 Å². The Hall–Kier alpha value is -2.75. The minimum absolute atomic E-state index is 0.0824. The van der Waals surface area contributed by atoms with E-state index in [0.717, 1.165) is 55.8 Å². The number of rotatable bonds is 6. The fraction of sp³-hybridized carbons (Fsp3) is 0.440. The van der Waals surface area contributed by atoms with E-state index in [9.17, 15) is 13.2 Å². The van der Waals surface area contributed by atoms with Crippen LogP contribution < -0.4 is 0 Å². The van der Waals surface area contributed by atoms with Gasteiger partial charge in [0, 0.05) is 58.2 Å². The number of piperidine rings is 1. The Labute approximate surface area is 200 Å². The van der Waals surface area contributed by atoms with Gasteiger partial charge in [-0.15, -0.1) is 0 Å². The molecule has 34 heavy (non-hydrogen) atoms. The van der Waals surface area contributed by atoms with Crippen molar-refractivity contribution in [3.05, 3.63) is 66.1 Å². The number of carbonyl (C=O) groups excluding carboxylic acids is 1. The highest BCUT2D eigenvalue weighted by Gasteiger charge is 2.26. The van der Waals surface area contributed by atoms with Crippen molar-refractivity contribution < 1.29 is 13.2 Å². The second-order valence-corrected chi connectivity index (χ2v) is 11.1. The molecule has 0 atom stereocenters. The number of hydrogen-bond donors (Lipinski definition) is 0. The Morgan fingerprint density at radius 3 is 2.32 bits per heavy atom. The summed E-state index contributed by atoms with van der Waals surface area (Å²) in [5.74, 6) is 0.0824. The normalized spacial score (nSPS) is 18.4. The SMILES string of the molecule is O=C(Cc1ccc(S(=O)(=O)N2CCCCC2)cc1)N1CCN(Cc2cn3ccccc3n2)CC1. The van der Waals surface area contributed by atoms with Crippen molar-refractivity contribution in [2.24, 2.45) is 0 Å². The first-order chi connectivity index (χ1) is 16.5. The number of imidazole rings is 1. The van der Waals surface area contributed by atoms with Gasteiger partial charge in [-0.3, -0.25) is 9.69 Å². The highest BCUT2D eigenvalue weighted by atomic mass is 32.2. The lowest BCUT2D eigenvalue weighted by atomic mass is 10.1. The maximum Gasteiger partial charge on any atom is 0.243 e. The molecule has 4 heterocycles. The van der Waals surface area contributed by atoms with Crippen LogP contribution in [-0.4, -0.2) is 77.1 Å². The lowest BCUT2D eigenvalue weighted by molar-refractivity contribution is -0.132. The smallest absolute Gasteiger partial charge is 0.243 e. The number of pyridine rings is 1. The molecule has 0 aliphatic carbocycles. The van der Waals surface area contributed by atoms with Gasteiger partial charge in [0.15, 0.2) is 0 Å². The summed E-state index contributed by atoms with van der Waals surface area (Å²) in [6.07, 6.45) is 7.26. The minimum atomic E-state index is -3.44. The summed E-state index contributed by atoms with van der Waals surface area (Å²) in [5.41, 5.74) is 2.82. The molecule has 0 spiro atoms. The third-order valence-electron chi connectivity index (χ3n) is 6.76. The summed E-state index contributed by atoms with van der Waals surface area (Å²) >= 11 is 0. The van der Waals surface area contributed by atoms with Crippen LogP contribution in [0, 0.1) is 0 Å². The molecule has 0 bridgehead atoms. The summed E-state index contributed by atoms with van der Waals surface area (Å²) < 4.78 is 29.2. The largest absolute Gasteiger partial charge is 0.340 e. The van der Waals surface area contributed by atoms with E-state index in [1.54, 1.807) is 28.6 Å². The van der Waals surface area contributed by atoms with Gasteiger partial charge in [0.1, 0.15) is 5.65 Å². The van der Waals surface area contributed by atoms with Crippen LogP contribution in [0.1, 0.15) is 30.5 Å². The van der Waals surface area contributed by atoms with E-state index in [0.29, 0.717) is 31.1 Å². The Bertz CT molecular complexity index is 1210. The monoisotopic (exact) mass is 481 g/mol. The van der Waals surface area contributed by atoms with Gasteiger partial charge in [-0.2, -0.15) is 4.31 Å². The third-order valence-corrected chi connectivity index (χ3v) is 8.67. The van der Waals surface area contributed by atoms with Crippen LogP contribution in [0.4, 0.5) is 0 Å². The second kappa shape index (κ2) is 9.85. The van der Waals surface area contributed by atoms with Crippen molar-refractivity contribution in [1.82, 2.24) is 23.5 Å². The summed E-state index contributed by atoms with van der Waals surface area (Å²) in [6.45, 7) is 4.95. The van der Waals surface area contributed by atoms with E-state index in [1.807, 2.05) is 33.7 Å². The first-order valence-electron chi connectivity index (χ1n) is 12.0. The molecule has 8 nitrogen and oxygen atoms in total. The predicted molar refractivity (Wildman–Crippen MR) is 130 cm³/mol. The molecule has 2 aromatic heterocycles. The molecule has 2 aliphatic rings. The van der Waals surface area contributed by atoms with Crippen LogP contribution in [0.2, 0.25) is 0 Å². The average molecular weight is 482 g/mol. The lowest BCUT2D eigenvalue weighted by Crippen LogP contribution is -2.48. The fourth-order valence-corrected chi connectivity index (χ4v) is 6.28. The van der Waals surface area contributed by atoms with Crippen molar-refractivity contribution in [1.29, 1.82) is 0 Å². The Morgan fingerprint density at radius 1 is 0.882 bits per heavy atom. The van der Waals surface area contributed by atoms with E-state index in [2.05, 4.69) is 16.1 Å². The summed E-state index contributed by atoms with van der Waals surface area (Å²) in [4.78, 5) is 22.0. The number of sulfonamides is 1. The van der Waals surface area contributed by atoms with E-state index < -0.39 is 10.0 Å².